The number of amides is 2. The average Bonchev–Trinajstić information content (AvgIpc) is 2.73. The van der Waals surface area contributed by atoms with Crippen LogP contribution in [0.25, 0.3) is 0 Å². The van der Waals surface area contributed by atoms with Crippen molar-refractivity contribution in [2.45, 2.75) is 60.0 Å². The lowest BCUT2D eigenvalue weighted by Gasteiger charge is -2.29. The van der Waals surface area contributed by atoms with Crippen LogP contribution in [0.5, 0.6) is 5.75 Å². The van der Waals surface area contributed by atoms with E-state index in [4.69, 9.17) is 4.74 Å². The zero-order chi connectivity index (χ0) is 22.1. The van der Waals surface area contributed by atoms with Gasteiger partial charge in [0.25, 0.3) is 5.91 Å². The van der Waals surface area contributed by atoms with Crippen LogP contribution in [0.2, 0.25) is 0 Å². The van der Waals surface area contributed by atoms with Crippen LogP contribution in [0, 0.1) is 20.8 Å². The topological polar surface area (TPSA) is 58.6 Å². The summed E-state index contributed by atoms with van der Waals surface area (Å²) in [6.45, 7) is 10.7. The number of rotatable bonds is 10. The van der Waals surface area contributed by atoms with E-state index in [0.29, 0.717) is 18.8 Å². The van der Waals surface area contributed by atoms with Gasteiger partial charge in [0.15, 0.2) is 6.61 Å². The van der Waals surface area contributed by atoms with Crippen molar-refractivity contribution in [3.63, 3.8) is 0 Å². The van der Waals surface area contributed by atoms with Crippen LogP contribution in [0.3, 0.4) is 0 Å². The molecule has 0 heterocycles. The summed E-state index contributed by atoms with van der Waals surface area (Å²) in [4.78, 5) is 27.4. The molecule has 0 aliphatic carbocycles. The van der Waals surface area contributed by atoms with Crippen LogP contribution in [0.4, 0.5) is 0 Å². The van der Waals surface area contributed by atoms with Gasteiger partial charge in [0.05, 0.1) is 0 Å². The first-order valence-electron chi connectivity index (χ1n) is 10.7. The molecular weight excluding hydrogens is 376 g/mol. The summed E-state index contributed by atoms with van der Waals surface area (Å²) >= 11 is 0. The van der Waals surface area contributed by atoms with E-state index in [1.165, 1.54) is 0 Å². The third kappa shape index (κ3) is 6.34. The van der Waals surface area contributed by atoms with Gasteiger partial charge in [-0.1, -0.05) is 49.7 Å². The van der Waals surface area contributed by atoms with Crippen LogP contribution < -0.4 is 10.1 Å². The number of carbonyl (C=O) groups excluding carboxylic acids is 2. The monoisotopic (exact) mass is 410 g/mol. The van der Waals surface area contributed by atoms with Gasteiger partial charge < -0.3 is 15.0 Å². The fourth-order valence-corrected chi connectivity index (χ4v) is 3.19. The van der Waals surface area contributed by atoms with Crippen molar-refractivity contribution in [1.29, 1.82) is 0 Å². The Morgan fingerprint density at radius 2 is 1.73 bits per heavy atom. The normalized spacial score (nSPS) is 11.6. The van der Waals surface area contributed by atoms with Gasteiger partial charge in [-0.25, -0.2) is 0 Å². The van der Waals surface area contributed by atoms with Gasteiger partial charge in [0.1, 0.15) is 11.8 Å². The highest BCUT2D eigenvalue weighted by Crippen LogP contribution is 2.21. The zero-order valence-electron chi connectivity index (χ0n) is 18.8. The van der Waals surface area contributed by atoms with Gasteiger partial charge in [-0.15, -0.1) is 0 Å². The fourth-order valence-electron chi connectivity index (χ4n) is 3.19. The number of hydrogen-bond acceptors (Lipinski definition) is 3. The number of nitrogens with zero attached hydrogens (tertiary/aromatic N) is 1. The van der Waals surface area contributed by atoms with Crippen molar-refractivity contribution in [2.75, 3.05) is 13.2 Å². The Kier molecular flexibility index (Phi) is 8.90. The highest BCUT2D eigenvalue weighted by atomic mass is 16.5. The third-order valence-electron chi connectivity index (χ3n) is 5.50. The predicted octanol–water partition coefficient (Wildman–Crippen LogP) is 4.32. The molecule has 5 nitrogen and oxygen atoms in total. The van der Waals surface area contributed by atoms with E-state index >= 15 is 0 Å². The minimum Gasteiger partial charge on any atom is -0.483 e. The smallest absolute Gasteiger partial charge is 0.261 e. The Morgan fingerprint density at radius 3 is 2.43 bits per heavy atom. The molecule has 0 saturated heterocycles. The van der Waals surface area contributed by atoms with E-state index in [9.17, 15) is 9.59 Å². The van der Waals surface area contributed by atoms with E-state index in [1.54, 1.807) is 11.8 Å². The highest BCUT2D eigenvalue weighted by molar-refractivity contribution is 5.88. The second-order valence-corrected chi connectivity index (χ2v) is 7.76. The molecule has 2 rings (SSSR count). The summed E-state index contributed by atoms with van der Waals surface area (Å²) in [6.07, 6.45) is 1.92. The second kappa shape index (κ2) is 11.4. The molecule has 2 amide bonds. The quantitative estimate of drug-likeness (QED) is 0.593. The predicted molar refractivity (Wildman–Crippen MR) is 121 cm³/mol. The van der Waals surface area contributed by atoms with Crippen molar-refractivity contribution in [3.05, 3.63) is 64.7 Å². The van der Waals surface area contributed by atoms with Gasteiger partial charge in [0, 0.05) is 13.1 Å². The van der Waals surface area contributed by atoms with E-state index in [1.807, 2.05) is 63.2 Å². The molecule has 0 saturated carbocycles. The molecule has 0 aliphatic rings. The summed E-state index contributed by atoms with van der Waals surface area (Å²) in [5.41, 5.74) is 4.23. The summed E-state index contributed by atoms with van der Waals surface area (Å²) in [5.74, 6) is 0.341. The van der Waals surface area contributed by atoms with Gasteiger partial charge in [-0.2, -0.15) is 0 Å². The van der Waals surface area contributed by atoms with E-state index in [-0.39, 0.29) is 18.4 Å². The van der Waals surface area contributed by atoms with Gasteiger partial charge in [-0.3, -0.25) is 9.59 Å². The Hall–Kier alpha value is -2.82. The average molecular weight is 411 g/mol. The number of carbonyl (C=O) groups is 2. The lowest BCUT2D eigenvalue weighted by atomic mass is 10.1. The maximum absolute atomic E-state index is 13.1. The molecule has 1 atom stereocenters. The molecule has 0 bridgehead atoms. The lowest BCUT2D eigenvalue weighted by Crippen LogP contribution is -2.49. The maximum Gasteiger partial charge on any atom is 0.261 e. The number of benzene rings is 2. The number of nitrogens with one attached hydrogen (secondary N) is 1. The van der Waals surface area contributed by atoms with E-state index in [0.717, 1.165) is 35.1 Å². The first-order valence-corrected chi connectivity index (χ1v) is 10.7. The van der Waals surface area contributed by atoms with Crippen LogP contribution in [-0.4, -0.2) is 35.9 Å². The summed E-state index contributed by atoms with van der Waals surface area (Å²) < 4.78 is 5.83. The molecule has 2 aromatic carbocycles. The Morgan fingerprint density at radius 1 is 1.03 bits per heavy atom. The number of ether oxygens (including phenoxy) is 1. The van der Waals surface area contributed by atoms with Gasteiger partial charge >= 0.3 is 0 Å². The Bertz CT molecular complexity index is 863. The Labute approximate surface area is 180 Å². The third-order valence-corrected chi connectivity index (χ3v) is 5.50. The molecule has 0 spiro atoms. The molecule has 0 aliphatic heterocycles. The molecule has 30 heavy (non-hydrogen) atoms. The van der Waals surface area contributed by atoms with Gasteiger partial charge in [0.2, 0.25) is 5.91 Å². The standard InChI is InChI=1S/C25H34N2O3/c1-6-7-15-26-25(29)21(5)27(16-22-13-9-8-11-19(22)3)24(28)17-30-23-14-10-12-18(2)20(23)4/h8-14,21H,6-7,15-17H2,1-5H3,(H,26,29)/t21-/m0/s1. The van der Waals surface area contributed by atoms with Gasteiger partial charge in [-0.05, 0) is 62.4 Å². The minimum atomic E-state index is -0.587. The molecule has 1 N–H and O–H groups in total. The summed E-state index contributed by atoms with van der Waals surface area (Å²) in [7, 11) is 0. The molecule has 0 radical (unpaired) electrons. The van der Waals surface area contributed by atoms with Crippen molar-refractivity contribution >= 4 is 11.8 Å². The molecule has 2 aromatic rings. The van der Waals surface area contributed by atoms with Crippen LogP contribution in [0.15, 0.2) is 42.5 Å². The van der Waals surface area contributed by atoms with E-state index < -0.39 is 6.04 Å². The summed E-state index contributed by atoms with van der Waals surface area (Å²) in [5, 5.41) is 2.94. The maximum atomic E-state index is 13.1. The van der Waals surface area contributed by atoms with Crippen molar-refractivity contribution < 1.29 is 14.3 Å². The van der Waals surface area contributed by atoms with Crippen molar-refractivity contribution in [3.8, 4) is 5.75 Å². The SMILES string of the molecule is CCCCNC(=O)[C@H](C)N(Cc1ccccc1C)C(=O)COc1cccc(C)c1C. The minimum absolute atomic E-state index is 0.108. The number of aryl methyl sites for hydroxylation is 2. The second-order valence-electron chi connectivity index (χ2n) is 7.76. The van der Waals surface area contributed by atoms with Crippen molar-refractivity contribution in [2.24, 2.45) is 0 Å². The molecular formula is C25H34N2O3. The largest absolute Gasteiger partial charge is 0.483 e. The lowest BCUT2D eigenvalue weighted by molar-refractivity contribution is -0.142. The highest BCUT2D eigenvalue weighted by Gasteiger charge is 2.26. The molecule has 0 aromatic heterocycles. The molecule has 0 fully saturated rings. The van der Waals surface area contributed by atoms with Crippen LogP contribution >= 0.6 is 0 Å². The first-order chi connectivity index (χ1) is 14.3. The molecule has 162 valence electrons. The molecule has 5 heteroatoms. The fraction of sp³-hybridized carbons (Fsp3) is 0.440. The number of unbranched alkanes of at least 4 members (excludes halogenated alkanes) is 1. The van der Waals surface area contributed by atoms with Crippen LogP contribution in [-0.2, 0) is 16.1 Å². The van der Waals surface area contributed by atoms with Crippen molar-refractivity contribution in [1.82, 2.24) is 10.2 Å². The summed E-state index contributed by atoms with van der Waals surface area (Å²) in [6, 6.07) is 13.1. The first kappa shape index (κ1) is 23.5. The number of hydrogen-bond donors (Lipinski definition) is 1. The van der Waals surface area contributed by atoms with E-state index in [2.05, 4.69) is 12.2 Å². The Balaban J connectivity index is 2.16. The van der Waals surface area contributed by atoms with Crippen LogP contribution in [0.1, 0.15) is 48.9 Å². The zero-order valence-corrected chi connectivity index (χ0v) is 18.8. The molecule has 0 unspecified atom stereocenters.